The van der Waals surface area contributed by atoms with Crippen molar-refractivity contribution in [3.8, 4) is 0 Å². The lowest BCUT2D eigenvalue weighted by Crippen LogP contribution is -2.39. The Labute approximate surface area is 184 Å². The van der Waals surface area contributed by atoms with Crippen LogP contribution >= 0.6 is 0 Å². The zero-order valence-corrected chi connectivity index (χ0v) is 19.0. The van der Waals surface area contributed by atoms with Crippen LogP contribution in [0, 0.1) is 25.1 Å². The molecule has 2 aromatic carbocycles. The van der Waals surface area contributed by atoms with Crippen LogP contribution in [-0.2, 0) is 6.54 Å². The van der Waals surface area contributed by atoms with Gasteiger partial charge < -0.3 is 20.0 Å². The molecule has 7 nitrogen and oxygen atoms in total. The highest BCUT2D eigenvalue weighted by molar-refractivity contribution is 6.04. The summed E-state index contributed by atoms with van der Waals surface area (Å²) < 4.78 is 20.1. The van der Waals surface area contributed by atoms with E-state index in [1.54, 1.807) is 7.05 Å². The highest BCUT2D eigenvalue weighted by atomic mass is 19.1. The molecule has 0 unspecified atom stereocenters. The summed E-state index contributed by atoms with van der Waals surface area (Å²) in [6.45, 7) is 9.95. The fourth-order valence-electron chi connectivity index (χ4n) is 4.01. The molecule has 0 bridgehead atoms. The molecule has 0 radical (unpaired) electrons. The number of halogens is 1. The molecular formula is C24H26FN3O4. The number of fused-ring (bicyclic) bond motifs is 1. The Kier molecular flexibility index (Phi) is 4.99. The van der Waals surface area contributed by atoms with E-state index >= 15 is 0 Å². The van der Waals surface area contributed by atoms with Gasteiger partial charge in [-0.15, -0.1) is 0 Å². The number of rotatable bonds is 5. The first kappa shape index (κ1) is 21.8. The second kappa shape index (κ2) is 7.32. The van der Waals surface area contributed by atoms with Crippen molar-refractivity contribution in [1.82, 2.24) is 4.90 Å². The van der Waals surface area contributed by atoms with Crippen LogP contribution in [0.15, 0.2) is 32.2 Å². The van der Waals surface area contributed by atoms with E-state index in [-0.39, 0.29) is 46.4 Å². The summed E-state index contributed by atoms with van der Waals surface area (Å²) in [6.07, 6.45) is 0. The van der Waals surface area contributed by atoms with Crippen LogP contribution in [0.4, 0.5) is 21.5 Å². The third-order valence-corrected chi connectivity index (χ3v) is 6.01. The van der Waals surface area contributed by atoms with Crippen molar-refractivity contribution in [3.05, 3.63) is 72.7 Å². The predicted octanol–water partition coefficient (Wildman–Crippen LogP) is 4.16. The Morgan fingerprint density at radius 1 is 1.09 bits per heavy atom. The minimum Gasteiger partial charge on any atom is -0.464 e. The van der Waals surface area contributed by atoms with Gasteiger partial charge in [-0.3, -0.25) is 14.4 Å². The summed E-state index contributed by atoms with van der Waals surface area (Å²) in [5.74, 6) is 0.613. The van der Waals surface area contributed by atoms with Gasteiger partial charge in [0.15, 0.2) is 0 Å². The third-order valence-electron chi connectivity index (χ3n) is 6.01. The number of carbonyl (C=O) groups excluding carboxylic acids is 1. The summed E-state index contributed by atoms with van der Waals surface area (Å²) in [6, 6.07) is 4.19. The molecule has 2 N–H and O–H groups in total. The van der Waals surface area contributed by atoms with Crippen LogP contribution in [0.1, 0.15) is 59.8 Å². The fraction of sp³-hybridized carbons (Fsp3) is 0.375. The topological polar surface area (TPSA) is 91.6 Å². The number of carbonyl (C=O) groups is 1. The Balaban J connectivity index is 1.72. The van der Waals surface area contributed by atoms with Gasteiger partial charge in [0.1, 0.15) is 28.7 Å². The lowest BCUT2D eigenvalue weighted by Gasteiger charge is -2.31. The molecule has 0 saturated heterocycles. The van der Waals surface area contributed by atoms with Crippen molar-refractivity contribution in [2.24, 2.45) is 5.41 Å². The highest BCUT2D eigenvalue weighted by Gasteiger charge is 2.35. The highest BCUT2D eigenvalue weighted by Crippen LogP contribution is 2.39. The quantitative estimate of drug-likeness (QED) is 0.580. The van der Waals surface area contributed by atoms with E-state index in [2.05, 4.69) is 10.6 Å². The van der Waals surface area contributed by atoms with Gasteiger partial charge >= 0.3 is 0 Å². The second-order valence-electron chi connectivity index (χ2n) is 9.47. The third kappa shape index (κ3) is 3.39. The van der Waals surface area contributed by atoms with Gasteiger partial charge in [0.05, 0.1) is 17.3 Å². The van der Waals surface area contributed by atoms with Crippen molar-refractivity contribution in [2.45, 2.75) is 47.2 Å². The average Bonchev–Trinajstić information content (AvgIpc) is 3.20. The maximum atomic E-state index is 14.2. The number of anilines is 3. The van der Waals surface area contributed by atoms with Crippen molar-refractivity contribution in [2.75, 3.05) is 17.7 Å². The number of nitrogens with one attached hydrogen (secondary N) is 2. The maximum Gasteiger partial charge on any atom is 0.256 e. The SMILES string of the molecule is Cc1cc([C@H](Nc2c(Nc3ccc(F)c4c3C(=O)N(C)C4)c(=O)c2=O)C(C)(C)C)oc1C. The Bertz CT molecular complexity index is 1290. The molecule has 0 aliphatic carbocycles. The number of amides is 1. The molecule has 0 spiro atoms. The van der Waals surface area contributed by atoms with Gasteiger partial charge in [0, 0.05) is 19.2 Å². The van der Waals surface area contributed by atoms with E-state index in [1.165, 1.54) is 17.0 Å². The molecular weight excluding hydrogens is 413 g/mol. The van der Waals surface area contributed by atoms with Crippen LogP contribution < -0.4 is 21.5 Å². The molecule has 1 amide bonds. The van der Waals surface area contributed by atoms with Crippen LogP contribution in [0.2, 0.25) is 0 Å². The molecule has 1 aliphatic rings. The fourth-order valence-corrected chi connectivity index (χ4v) is 4.01. The molecule has 1 atom stereocenters. The molecule has 2 heterocycles. The molecule has 1 aliphatic heterocycles. The number of furan rings is 1. The van der Waals surface area contributed by atoms with Crippen LogP contribution in [-0.4, -0.2) is 17.9 Å². The zero-order chi connectivity index (χ0) is 23.5. The van der Waals surface area contributed by atoms with Crippen LogP contribution in [0.5, 0.6) is 0 Å². The van der Waals surface area contributed by atoms with E-state index in [9.17, 15) is 18.8 Å². The Morgan fingerprint density at radius 3 is 2.34 bits per heavy atom. The van der Waals surface area contributed by atoms with E-state index in [0.717, 1.165) is 11.3 Å². The molecule has 1 aromatic heterocycles. The minimum atomic E-state index is -0.691. The van der Waals surface area contributed by atoms with Crippen molar-refractivity contribution in [1.29, 1.82) is 0 Å². The molecule has 0 fully saturated rings. The zero-order valence-electron chi connectivity index (χ0n) is 19.0. The van der Waals surface area contributed by atoms with Crippen LogP contribution in [0.25, 0.3) is 0 Å². The van der Waals surface area contributed by atoms with Crippen LogP contribution in [0.3, 0.4) is 0 Å². The molecule has 8 heteroatoms. The second-order valence-corrected chi connectivity index (χ2v) is 9.47. The van der Waals surface area contributed by atoms with Crippen molar-refractivity contribution < 1.29 is 13.6 Å². The summed E-state index contributed by atoms with van der Waals surface area (Å²) in [5.41, 5.74) is 0.225. The molecule has 32 heavy (non-hydrogen) atoms. The van der Waals surface area contributed by atoms with Gasteiger partial charge in [0.2, 0.25) is 0 Å². The number of hydrogen-bond acceptors (Lipinski definition) is 6. The smallest absolute Gasteiger partial charge is 0.256 e. The van der Waals surface area contributed by atoms with Crippen molar-refractivity contribution in [3.63, 3.8) is 0 Å². The Morgan fingerprint density at radius 2 is 1.75 bits per heavy atom. The van der Waals surface area contributed by atoms with Gasteiger partial charge in [-0.05, 0) is 43.0 Å². The first-order valence-electron chi connectivity index (χ1n) is 10.4. The van der Waals surface area contributed by atoms with Gasteiger partial charge in [-0.1, -0.05) is 20.8 Å². The van der Waals surface area contributed by atoms with Crippen molar-refractivity contribution >= 4 is 23.0 Å². The lowest BCUT2D eigenvalue weighted by molar-refractivity contribution is 0.0817. The van der Waals surface area contributed by atoms with E-state index in [1.807, 2.05) is 40.7 Å². The number of aryl methyl sites for hydroxylation is 2. The standard InChI is InChI=1S/C24H26FN3O4/c1-11-9-16(32-12(11)2)22(24(3,4)5)27-19-18(20(29)21(19)30)26-15-8-7-14(25)13-10-28(6)23(31)17(13)15/h7-9,22,26-27H,10H2,1-6H3/t22-/m0/s1. The first-order valence-corrected chi connectivity index (χ1v) is 10.4. The van der Waals surface area contributed by atoms with E-state index < -0.39 is 16.7 Å². The summed E-state index contributed by atoms with van der Waals surface area (Å²) in [5, 5.41) is 6.10. The molecule has 0 saturated carbocycles. The monoisotopic (exact) mass is 439 g/mol. The molecule has 168 valence electrons. The predicted molar refractivity (Wildman–Crippen MR) is 121 cm³/mol. The van der Waals surface area contributed by atoms with Gasteiger partial charge in [-0.25, -0.2) is 4.39 Å². The number of benzene rings is 1. The summed E-state index contributed by atoms with van der Waals surface area (Å²) >= 11 is 0. The summed E-state index contributed by atoms with van der Waals surface area (Å²) in [4.78, 5) is 38.8. The normalized spacial score (nSPS) is 14.7. The van der Waals surface area contributed by atoms with Gasteiger partial charge in [-0.2, -0.15) is 0 Å². The molecule has 3 aromatic rings. The molecule has 4 rings (SSSR count). The average molecular weight is 439 g/mol. The lowest BCUT2D eigenvalue weighted by atomic mass is 9.84. The van der Waals surface area contributed by atoms with E-state index in [4.69, 9.17) is 4.42 Å². The largest absolute Gasteiger partial charge is 0.464 e. The Hall–Kier alpha value is -3.42. The van der Waals surface area contributed by atoms with E-state index in [0.29, 0.717) is 11.4 Å². The first-order chi connectivity index (χ1) is 14.9. The van der Waals surface area contributed by atoms with Gasteiger partial charge in [0.25, 0.3) is 16.8 Å². The number of nitrogens with zero attached hydrogens (tertiary/aromatic N) is 1. The maximum absolute atomic E-state index is 14.2. The summed E-state index contributed by atoms with van der Waals surface area (Å²) in [7, 11) is 1.58. The number of hydrogen-bond donors (Lipinski definition) is 2. The minimum absolute atomic E-state index is 0.0559.